The molecule has 0 unspecified atom stereocenters. The zero-order chi connectivity index (χ0) is 24.4. The van der Waals surface area contributed by atoms with Crippen LogP contribution < -0.4 is 5.43 Å². The van der Waals surface area contributed by atoms with Crippen LogP contribution in [0.5, 0.6) is 0 Å². The topological polar surface area (TPSA) is 93.0 Å². The van der Waals surface area contributed by atoms with E-state index in [2.05, 4.69) is 20.5 Å². The van der Waals surface area contributed by atoms with Crippen molar-refractivity contribution in [2.75, 3.05) is 13.1 Å². The van der Waals surface area contributed by atoms with E-state index in [0.29, 0.717) is 19.6 Å². The van der Waals surface area contributed by atoms with Crippen LogP contribution in [0, 0.1) is 13.8 Å². The summed E-state index contributed by atoms with van der Waals surface area (Å²) in [7, 11) is 0. The minimum atomic E-state index is -2.53. The lowest BCUT2D eigenvalue weighted by Crippen LogP contribution is -2.46. The van der Waals surface area contributed by atoms with Gasteiger partial charge < -0.3 is 9.59 Å². The number of aromatic nitrogens is 4. The largest absolute Gasteiger partial charge is 0.307 e. The second kappa shape index (κ2) is 12.0. The molecule has 0 aromatic carbocycles. The van der Waals surface area contributed by atoms with Crippen molar-refractivity contribution in [3.8, 4) is 17.1 Å². The van der Waals surface area contributed by atoms with E-state index in [0.717, 1.165) is 34.0 Å². The van der Waals surface area contributed by atoms with E-state index in [4.69, 9.17) is 9.59 Å². The maximum absolute atomic E-state index is 13.2. The van der Waals surface area contributed by atoms with Gasteiger partial charge in [-0.3, -0.25) is 15.4 Å². The van der Waals surface area contributed by atoms with E-state index in [1.54, 1.807) is 12.4 Å². The van der Waals surface area contributed by atoms with Gasteiger partial charge in [0.2, 0.25) is 0 Å². The average Bonchev–Trinajstić information content (AvgIpc) is 3.23. The Morgan fingerprint density at radius 3 is 2.24 bits per heavy atom. The van der Waals surface area contributed by atoms with Gasteiger partial charge in [-0.15, -0.1) is 0 Å². The van der Waals surface area contributed by atoms with E-state index in [1.807, 2.05) is 67.4 Å². The Bertz CT molecular complexity index is 997. The van der Waals surface area contributed by atoms with Crippen LogP contribution in [-0.4, -0.2) is 57.3 Å². The normalized spacial score (nSPS) is 15.0. The second-order valence-corrected chi connectivity index (χ2v) is 7.47. The third-order valence-corrected chi connectivity index (χ3v) is 5.06. The van der Waals surface area contributed by atoms with Gasteiger partial charge in [-0.2, -0.15) is 5.10 Å². The molecule has 1 saturated heterocycles. The summed E-state index contributed by atoms with van der Waals surface area (Å²) in [6, 6.07) is 9.88. The lowest BCUT2D eigenvalue weighted by Gasteiger charge is -2.31. The number of nitrogens with one attached hydrogen (secondary N) is 1. The summed E-state index contributed by atoms with van der Waals surface area (Å²) in [5.74, 6) is -2.53. The van der Waals surface area contributed by atoms with Crippen molar-refractivity contribution in [2.24, 2.45) is 0 Å². The first kappa shape index (κ1) is 25.9. The number of pyridine rings is 2. The summed E-state index contributed by atoms with van der Waals surface area (Å²) < 4.78 is 28.3. The first-order chi connectivity index (χ1) is 15.9. The first-order valence-electron chi connectivity index (χ1n) is 10.3. The first-order valence-corrected chi connectivity index (χ1v) is 10.3. The van der Waals surface area contributed by atoms with Crippen LogP contribution in [0.2, 0.25) is 0 Å². The minimum Gasteiger partial charge on any atom is -0.307 e. The van der Waals surface area contributed by atoms with Gasteiger partial charge in [0.15, 0.2) is 0 Å². The molecule has 176 valence electrons. The molecule has 3 aromatic heterocycles. The van der Waals surface area contributed by atoms with Crippen LogP contribution in [0.4, 0.5) is 8.78 Å². The standard InChI is InChI=1S/C21H24F2N6.2CH2O/c1-15-3-5-18(14-24-15)29-20(11-16(2)27-29)19-6-4-17(12-25-19)13-26-28-9-7-21(22,23)8-10-28;2*1-2/h3-6,11-12,14,26H,7-10,13H2,1-2H3;2*1H2. The molecule has 0 radical (unpaired) electrons. The van der Waals surface area contributed by atoms with Crippen LogP contribution in [0.3, 0.4) is 0 Å². The van der Waals surface area contributed by atoms with Crippen LogP contribution in [-0.2, 0) is 16.1 Å². The van der Waals surface area contributed by atoms with Crippen molar-refractivity contribution in [3.63, 3.8) is 0 Å². The molecule has 0 amide bonds. The van der Waals surface area contributed by atoms with Gasteiger partial charge in [0.25, 0.3) is 5.92 Å². The number of carbonyl (C=O) groups excluding carboxylic acids is 2. The monoisotopic (exact) mass is 458 g/mol. The molecule has 4 rings (SSSR count). The molecule has 0 saturated carbocycles. The van der Waals surface area contributed by atoms with Crippen LogP contribution in [0.15, 0.2) is 42.7 Å². The Balaban J connectivity index is 0.000000914. The molecule has 3 aromatic rings. The Morgan fingerprint density at radius 2 is 1.67 bits per heavy atom. The third-order valence-electron chi connectivity index (χ3n) is 5.06. The number of rotatable bonds is 5. The van der Waals surface area contributed by atoms with Crippen molar-refractivity contribution in [2.45, 2.75) is 39.2 Å². The zero-order valence-electron chi connectivity index (χ0n) is 18.8. The van der Waals surface area contributed by atoms with E-state index < -0.39 is 5.92 Å². The van der Waals surface area contributed by atoms with Gasteiger partial charge in [0, 0.05) is 44.4 Å². The Labute approximate surface area is 191 Å². The molecule has 0 spiro atoms. The summed E-state index contributed by atoms with van der Waals surface area (Å²) in [6.07, 6.45) is 3.40. The zero-order valence-corrected chi connectivity index (χ0v) is 18.8. The van der Waals surface area contributed by atoms with Crippen molar-refractivity contribution >= 4 is 13.6 Å². The predicted molar refractivity (Wildman–Crippen MR) is 121 cm³/mol. The number of hydrogen-bond donors (Lipinski definition) is 1. The highest BCUT2D eigenvalue weighted by molar-refractivity contribution is 5.58. The number of aryl methyl sites for hydroxylation is 2. The highest BCUT2D eigenvalue weighted by atomic mass is 19.3. The number of alkyl halides is 2. The molecule has 33 heavy (non-hydrogen) atoms. The summed E-state index contributed by atoms with van der Waals surface area (Å²) in [5.41, 5.74) is 8.65. The smallest absolute Gasteiger partial charge is 0.250 e. The number of piperidine rings is 1. The summed E-state index contributed by atoms with van der Waals surface area (Å²) in [6.45, 7) is 9.15. The molecule has 0 atom stereocenters. The van der Waals surface area contributed by atoms with Gasteiger partial charge in [0.1, 0.15) is 13.6 Å². The van der Waals surface area contributed by atoms with Crippen molar-refractivity contribution in [1.29, 1.82) is 0 Å². The van der Waals surface area contributed by atoms with Crippen LogP contribution in [0.25, 0.3) is 17.1 Å². The maximum Gasteiger partial charge on any atom is 0.250 e. The molecule has 4 heterocycles. The van der Waals surface area contributed by atoms with E-state index in [1.165, 1.54) is 0 Å². The molecule has 0 aliphatic carbocycles. The number of carbonyl (C=O) groups is 2. The molecular formula is C23H28F2N6O2. The SMILES string of the molecule is C=O.C=O.Cc1ccc(-n2nc(C)cc2-c2ccc(CNN3CCC(F)(F)CC3)cn2)cn1. The molecular weight excluding hydrogens is 430 g/mol. The fourth-order valence-corrected chi connectivity index (χ4v) is 3.34. The maximum atomic E-state index is 13.2. The second-order valence-electron chi connectivity index (χ2n) is 7.47. The van der Waals surface area contributed by atoms with Crippen molar-refractivity contribution in [1.82, 2.24) is 30.2 Å². The highest BCUT2D eigenvalue weighted by Gasteiger charge is 2.33. The molecule has 1 aliphatic heterocycles. The minimum absolute atomic E-state index is 0.103. The molecule has 1 N–H and O–H groups in total. The lowest BCUT2D eigenvalue weighted by molar-refractivity contribution is -0.0987. The van der Waals surface area contributed by atoms with Gasteiger partial charge in [-0.25, -0.2) is 18.5 Å². The Morgan fingerprint density at radius 1 is 0.970 bits per heavy atom. The van der Waals surface area contributed by atoms with E-state index in [-0.39, 0.29) is 12.8 Å². The fourth-order valence-electron chi connectivity index (χ4n) is 3.34. The number of hydrogen-bond acceptors (Lipinski definition) is 7. The number of nitrogens with zero attached hydrogens (tertiary/aromatic N) is 5. The molecule has 10 heteroatoms. The lowest BCUT2D eigenvalue weighted by atomic mass is 10.1. The molecule has 8 nitrogen and oxygen atoms in total. The average molecular weight is 459 g/mol. The summed E-state index contributed by atoms with van der Waals surface area (Å²) in [5, 5.41) is 6.43. The quantitative estimate of drug-likeness (QED) is 0.627. The fraction of sp³-hybridized carbons (Fsp3) is 0.348. The number of hydrazine groups is 1. The predicted octanol–water partition coefficient (Wildman–Crippen LogP) is 3.31. The highest BCUT2D eigenvalue weighted by Crippen LogP contribution is 2.27. The van der Waals surface area contributed by atoms with Crippen LogP contribution in [0.1, 0.15) is 29.8 Å². The number of halogens is 2. The van der Waals surface area contributed by atoms with Gasteiger partial charge in [-0.05, 0) is 43.7 Å². The summed E-state index contributed by atoms with van der Waals surface area (Å²) >= 11 is 0. The Hall–Kier alpha value is -3.37. The Kier molecular flexibility index (Phi) is 9.43. The molecule has 1 fully saturated rings. The van der Waals surface area contributed by atoms with E-state index >= 15 is 0 Å². The van der Waals surface area contributed by atoms with Crippen molar-refractivity contribution < 1.29 is 18.4 Å². The van der Waals surface area contributed by atoms with Gasteiger partial charge in [0.05, 0.1) is 29.0 Å². The van der Waals surface area contributed by atoms with Crippen molar-refractivity contribution in [3.05, 3.63) is 59.7 Å². The molecule has 0 bridgehead atoms. The third kappa shape index (κ3) is 7.06. The van der Waals surface area contributed by atoms with E-state index in [9.17, 15) is 8.78 Å². The summed E-state index contributed by atoms with van der Waals surface area (Å²) in [4.78, 5) is 24.9. The van der Waals surface area contributed by atoms with Gasteiger partial charge >= 0.3 is 0 Å². The van der Waals surface area contributed by atoms with Crippen LogP contribution >= 0.6 is 0 Å². The van der Waals surface area contributed by atoms with Gasteiger partial charge in [-0.1, -0.05) is 6.07 Å². The molecule has 1 aliphatic rings.